The van der Waals surface area contributed by atoms with Gasteiger partial charge >= 0.3 is 0 Å². The third-order valence-electron chi connectivity index (χ3n) is 4.69. The van der Waals surface area contributed by atoms with E-state index in [9.17, 15) is 14.4 Å². The number of nitrogens with zero attached hydrogens (tertiary/aromatic N) is 2. The summed E-state index contributed by atoms with van der Waals surface area (Å²) < 4.78 is 11.9. The largest absolute Gasteiger partial charge is 0.454 e. The molecule has 0 atom stereocenters. The molecule has 158 valence electrons. The van der Waals surface area contributed by atoms with E-state index in [-0.39, 0.29) is 35.9 Å². The van der Waals surface area contributed by atoms with Crippen LogP contribution in [0.4, 0.5) is 5.69 Å². The molecule has 0 aliphatic carbocycles. The summed E-state index contributed by atoms with van der Waals surface area (Å²) in [7, 11) is 0. The Kier molecular flexibility index (Phi) is 5.48. The number of hydrogen-bond donors (Lipinski definition) is 1. The molecular weight excluding hydrogens is 422 g/mol. The molecule has 3 aromatic rings. The Bertz CT molecular complexity index is 1270. The number of ketones is 1. The van der Waals surface area contributed by atoms with Gasteiger partial charge in [-0.25, -0.2) is 4.98 Å². The van der Waals surface area contributed by atoms with Crippen molar-refractivity contribution >= 4 is 29.0 Å². The fourth-order valence-corrected chi connectivity index (χ4v) is 3.48. The van der Waals surface area contributed by atoms with Crippen molar-refractivity contribution in [3.63, 3.8) is 0 Å². The summed E-state index contributed by atoms with van der Waals surface area (Å²) in [6.45, 7) is 2.82. The maximum absolute atomic E-state index is 12.8. The van der Waals surface area contributed by atoms with Crippen LogP contribution < -0.4 is 20.3 Å². The van der Waals surface area contributed by atoms with E-state index in [2.05, 4.69) is 10.3 Å². The molecule has 0 bridgehead atoms. The summed E-state index contributed by atoms with van der Waals surface area (Å²) in [4.78, 5) is 42.0. The lowest BCUT2D eigenvalue weighted by Crippen LogP contribution is -2.30. The van der Waals surface area contributed by atoms with Crippen molar-refractivity contribution in [1.29, 1.82) is 0 Å². The fourth-order valence-electron chi connectivity index (χ4n) is 3.29. The first-order valence-electron chi connectivity index (χ1n) is 9.40. The van der Waals surface area contributed by atoms with Gasteiger partial charge in [0.25, 0.3) is 5.56 Å². The SMILES string of the molecule is CC(=O)c1cc2c(cc1NC(=O)Cn1c(-c3cccc(Cl)c3)nc(C)cc1=O)OCO2. The number of fused-ring (bicyclic) bond motifs is 1. The number of hydrogen-bond acceptors (Lipinski definition) is 6. The van der Waals surface area contributed by atoms with Crippen LogP contribution in [0.1, 0.15) is 23.0 Å². The smallest absolute Gasteiger partial charge is 0.254 e. The minimum atomic E-state index is -0.502. The molecule has 2 aromatic carbocycles. The lowest BCUT2D eigenvalue weighted by atomic mass is 10.1. The van der Waals surface area contributed by atoms with Gasteiger partial charge < -0.3 is 14.8 Å². The van der Waals surface area contributed by atoms with Crippen LogP contribution in [-0.4, -0.2) is 28.0 Å². The molecule has 2 heterocycles. The van der Waals surface area contributed by atoms with Crippen molar-refractivity contribution in [3.8, 4) is 22.9 Å². The first-order chi connectivity index (χ1) is 14.8. The van der Waals surface area contributed by atoms with Crippen LogP contribution in [0, 0.1) is 6.92 Å². The van der Waals surface area contributed by atoms with E-state index < -0.39 is 5.91 Å². The maximum atomic E-state index is 12.8. The summed E-state index contributed by atoms with van der Waals surface area (Å²) in [5.74, 6) is 0.430. The number of aryl methyl sites for hydroxylation is 1. The summed E-state index contributed by atoms with van der Waals surface area (Å²) in [6.07, 6.45) is 0. The quantitative estimate of drug-likeness (QED) is 0.611. The van der Waals surface area contributed by atoms with E-state index in [4.69, 9.17) is 21.1 Å². The zero-order chi connectivity index (χ0) is 22.1. The number of Topliss-reactive ketones (excluding diaryl/α,β-unsaturated/α-hetero) is 1. The number of halogens is 1. The van der Waals surface area contributed by atoms with Gasteiger partial charge in [-0.3, -0.25) is 19.0 Å². The molecule has 1 amide bonds. The minimum absolute atomic E-state index is 0.0392. The first kappa shape index (κ1) is 20.6. The minimum Gasteiger partial charge on any atom is -0.454 e. The van der Waals surface area contributed by atoms with E-state index >= 15 is 0 Å². The standard InChI is InChI=1S/C22H18ClN3O5/c1-12-6-21(29)26(22(24-12)14-4-3-5-15(23)7-14)10-20(28)25-17-9-19-18(30-11-31-19)8-16(17)13(2)27/h3-9H,10-11H2,1-2H3,(H,25,28). The van der Waals surface area contributed by atoms with Gasteiger partial charge in [-0.15, -0.1) is 0 Å². The van der Waals surface area contributed by atoms with Gasteiger partial charge in [-0.05, 0) is 32.0 Å². The topological polar surface area (TPSA) is 99.5 Å². The Labute approximate surface area is 182 Å². The van der Waals surface area contributed by atoms with Crippen LogP contribution in [0.5, 0.6) is 11.5 Å². The van der Waals surface area contributed by atoms with Crippen LogP contribution in [0.3, 0.4) is 0 Å². The number of nitrogens with one attached hydrogen (secondary N) is 1. The highest BCUT2D eigenvalue weighted by molar-refractivity contribution is 6.30. The lowest BCUT2D eigenvalue weighted by molar-refractivity contribution is -0.116. The Balaban J connectivity index is 1.68. The molecule has 1 aromatic heterocycles. The predicted octanol–water partition coefficient (Wildman–Crippen LogP) is 3.44. The average Bonchev–Trinajstić information content (AvgIpc) is 3.16. The van der Waals surface area contributed by atoms with Crippen LogP contribution in [0.25, 0.3) is 11.4 Å². The number of carbonyl (C=O) groups is 2. The molecule has 31 heavy (non-hydrogen) atoms. The van der Waals surface area contributed by atoms with Crippen molar-refractivity contribution < 1.29 is 19.1 Å². The van der Waals surface area contributed by atoms with Crippen LogP contribution in [0.2, 0.25) is 5.02 Å². The van der Waals surface area contributed by atoms with Gasteiger partial charge in [-0.2, -0.15) is 0 Å². The Morgan fingerprint density at radius 3 is 2.61 bits per heavy atom. The maximum Gasteiger partial charge on any atom is 0.254 e. The molecule has 0 spiro atoms. The van der Waals surface area contributed by atoms with Crippen LogP contribution in [-0.2, 0) is 11.3 Å². The molecule has 9 heteroatoms. The molecule has 1 N–H and O–H groups in total. The third kappa shape index (κ3) is 4.29. The molecule has 0 saturated carbocycles. The van der Waals surface area contributed by atoms with E-state index in [0.29, 0.717) is 33.6 Å². The highest BCUT2D eigenvalue weighted by Crippen LogP contribution is 2.37. The van der Waals surface area contributed by atoms with Crippen molar-refractivity contribution in [2.45, 2.75) is 20.4 Å². The lowest BCUT2D eigenvalue weighted by Gasteiger charge is -2.14. The van der Waals surface area contributed by atoms with Crippen molar-refractivity contribution in [3.05, 3.63) is 69.1 Å². The second kappa shape index (κ2) is 8.23. The predicted molar refractivity (Wildman–Crippen MR) is 115 cm³/mol. The van der Waals surface area contributed by atoms with Gasteiger partial charge in [0.05, 0.1) is 5.69 Å². The molecule has 0 saturated heterocycles. The van der Waals surface area contributed by atoms with Crippen LogP contribution in [0.15, 0.2) is 47.3 Å². The normalized spacial score (nSPS) is 12.0. The van der Waals surface area contributed by atoms with Gasteiger partial charge in [0.2, 0.25) is 12.7 Å². The number of aromatic nitrogens is 2. The highest BCUT2D eigenvalue weighted by Gasteiger charge is 2.21. The molecule has 0 radical (unpaired) electrons. The first-order valence-corrected chi connectivity index (χ1v) is 9.78. The van der Waals surface area contributed by atoms with E-state index in [1.165, 1.54) is 29.7 Å². The number of rotatable bonds is 5. The zero-order valence-corrected chi connectivity index (χ0v) is 17.5. The Morgan fingerprint density at radius 1 is 1.16 bits per heavy atom. The molecule has 0 unspecified atom stereocenters. The van der Waals surface area contributed by atoms with E-state index in [1.54, 1.807) is 31.2 Å². The highest BCUT2D eigenvalue weighted by atomic mass is 35.5. The van der Waals surface area contributed by atoms with Crippen LogP contribution >= 0.6 is 11.6 Å². The molecule has 0 fully saturated rings. The molecule has 1 aliphatic heterocycles. The number of amides is 1. The second-order valence-electron chi connectivity index (χ2n) is 7.01. The average molecular weight is 440 g/mol. The monoisotopic (exact) mass is 439 g/mol. The van der Waals surface area contributed by atoms with Gasteiger partial charge in [0.1, 0.15) is 12.4 Å². The van der Waals surface area contributed by atoms with Gasteiger partial charge in [-0.1, -0.05) is 23.7 Å². The summed E-state index contributed by atoms with van der Waals surface area (Å²) in [5.41, 5.74) is 1.30. The van der Waals surface area contributed by atoms with Crippen molar-refractivity contribution in [2.24, 2.45) is 0 Å². The molecule has 1 aliphatic rings. The summed E-state index contributed by atoms with van der Waals surface area (Å²) >= 11 is 6.08. The molecule has 8 nitrogen and oxygen atoms in total. The summed E-state index contributed by atoms with van der Waals surface area (Å²) in [6, 6.07) is 11.3. The van der Waals surface area contributed by atoms with Gasteiger partial charge in [0, 0.05) is 34.0 Å². The number of anilines is 1. The van der Waals surface area contributed by atoms with E-state index in [1.807, 2.05) is 0 Å². The fraction of sp³-hybridized carbons (Fsp3) is 0.182. The van der Waals surface area contributed by atoms with E-state index in [0.717, 1.165) is 0 Å². The second-order valence-corrected chi connectivity index (χ2v) is 7.45. The Hall–Kier alpha value is -3.65. The number of carbonyl (C=O) groups excluding carboxylic acids is 2. The summed E-state index contributed by atoms with van der Waals surface area (Å²) in [5, 5.41) is 3.18. The van der Waals surface area contributed by atoms with Gasteiger partial charge in [0.15, 0.2) is 17.3 Å². The number of benzene rings is 2. The third-order valence-corrected chi connectivity index (χ3v) is 4.92. The zero-order valence-electron chi connectivity index (χ0n) is 16.8. The molecular formula is C22H18ClN3O5. The molecule has 4 rings (SSSR count). The Morgan fingerprint density at radius 2 is 1.90 bits per heavy atom. The van der Waals surface area contributed by atoms with Crippen molar-refractivity contribution in [1.82, 2.24) is 9.55 Å². The number of ether oxygens (including phenoxy) is 2. The van der Waals surface area contributed by atoms with Crippen molar-refractivity contribution in [2.75, 3.05) is 12.1 Å².